The molecule has 0 radical (unpaired) electrons. The third kappa shape index (κ3) is 4.83. The molecule has 2 aromatic carbocycles. The van der Waals surface area contributed by atoms with Crippen LogP contribution in [-0.4, -0.2) is 19.1 Å². The minimum Gasteiger partial charge on any atom is -0.492 e. The summed E-state index contributed by atoms with van der Waals surface area (Å²) >= 11 is 11.8. The predicted octanol–water partition coefficient (Wildman–Crippen LogP) is 4.44. The number of carbonyl (C=O) groups excluding carboxylic acids is 1. The lowest BCUT2D eigenvalue weighted by Gasteiger charge is -2.12. The zero-order chi connectivity index (χ0) is 15.9. The van der Waals surface area contributed by atoms with Gasteiger partial charge in [-0.25, -0.2) is 0 Å². The molecule has 0 saturated heterocycles. The summed E-state index contributed by atoms with van der Waals surface area (Å²) in [5.41, 5.74) is 1.33. The minimum absolute atomic E-state index is 0.0944. The van der Waals surface area contributed by atoms with E-state index in [0.29, 0.717) is 33.8 Å². The number of rotatable bonds is 6. The van der Waals surface area contributed by atoms with Crippen LogP contribution in [0.1, 0.15) is 6.92 Å². The molecule has 0 unspecified atom stereocenters. The molecule has 116 valence electrons. The Labute approximate surface area is 139 Å². The van der Waals surface area contributed by atoms with Crippen LogP contribution in [0, 0.1) is 0 Å². The van der Waals surface area contributed by atoms with E-state index in [0.717, 1.165) is 0 Å². The van der Waals surface area contributed by atoms with Gasteiger partial charge < -0.3 is 15.4 Å². The molecule has 2 aromatic rings. The van der Waals surface area contributed by atoms with Gasteiger partial charge in [0, 0.05) is 15.7 Å². The molecule has 1 amide bonds. The standard InChI is InChI=1S/C16H16Cl2N2O2/c1-2-22-15-6-4-3-5-14(15)20-16(21)10-19-13-8-11(17)7-12(18)9-13/h3-9,19H,2,10H2,1H3,(H,20,21). The lowest BCUT2D eigenvalue weighted by molar-refractivity contribution is -0.114. The Balaban J connectivity index is 1.96. The lowest BCUT2D eigenvalue weighted by Crippen LogP contribution is -2.22. The van der Waals surface area contributed by atoms with Gasteiger partial charge in [-0.15, -0.1) is 0 Å². The number of ether oxygens (including phenoxy) is 1. The highest BCUT2D eigenvalue weighted by Crippen LogP contribution is 2.24. The molecule has 0 aliphatic heterocycles. The highest BCUT2D eigenvalue weighted by Gasteiger charge is 2.07. The van der Waals surface area contributed by atoms with Crippen LogP contribution in [0.15, 0.2) is 42.5 Å². The molecule has 2 N–H and O–H groups in total. The molecule has 0 aromatic heterocycles. The van der Waals surface area contributed by atoms with Gasteiger partial charge in [-0.1, -0.05) is 35.3 Å². The fraction of sp³-hybridized carbons (Fsp3) is 0.188. The molecule has 0 aliphatic carbocycles. The highest BCUT2D eigenvalue weighted by atomic mass is 35.5. The third-order valence-corrected chi connectivity index (χ3v) is 3.21. The topological polar surface area (TPSA) is 50.4 Å². The van der Waals surface area contributed by atoms with Gasteiger partial charge in [-0.2, -0.15) is 0 Å². The number of hydrogen-bond acceptors (Lipinski definition) is 3. The fourth-order valence-corrected chi connectivity index (χ4v) is 2.41. The van der Waals surface area contributed by atoms with E-state index in [1.807, 2.05) is 25.1 Å². The molecule has 6 heteroatoms. The highest BCUT2D eigenvalue weighted by molar-refractivity contribution is 6.35. The van der Waals surface area contributed by atoms with Crippen molar-refractivity contribution >= 4 is 40.5 Å². The maximum absolute atomic E-state index is 12.0. The number of amides is 1. The second kappa shape index (κ2) is 7.92. The molecule has 0 spiro atoms. The summed E-state index contributed by atoms with van der Waals surface area (Å²) in [7, 11) is 0. The first-order valence-corrected chi connectivity index (χ1v) is 7.55. The molecular formula is C16H16Cl2N2O2. The van der Waals surface area contributed by atoms with E-state index in [2.05, 4.69) is 10.6 Å². The normalized spacial score (nSPS) is 10.1. The van der Waals surface area contributed by atoms with Crippen molar-refractivity contribution < 1.29 is 9.53 Å². The molecule has 0 bridgehead atoms. The van der Waals surface area contributed by atoms with Crippen molar-refractivity contribution in [2.24, 2.45) is 0 Å². The lowest BCUT2D eigenvalue weighted by atomic mass is 10.3. The number of anilines is 2. The first-order chi connectivity index (χ1) is 10.6. The van der Waals surface area contributed by atoms with Crippen molar-refractivity contribution in [2.75, 3.05) is 23.8 Å². The van der Waals surface area contributed by atoms with Crippen molar-refractivity contribution in [3.05, 3.63) is 52.5 Å². The molecule has 0 saturated carbocycles. The van der Waals surface area contributed by atoms with Crippen LogP contribution in [0.3, 0.4) is 0 Å². The van der Waals surface area contributed by atoms with Crippen LogP contribution >= 0.6 is 23.2 Å². The van der Waals surface area contributed by atoms with Gasteiger partial charge in [0.2, 0.25) is 5.91 Å². The van der Waals surface area contributed by atoms with Gasteiger partial charge in [-0.05, 0) is 37.3 Å². The van der Waals surface area contributed by atoms with E-state index in [1.54, 1.807) is 24.3 Å². The Hall–Kier alpha value is -1.91. The Bertz CT molecular complexity index is 642. The van der Waals surface area contributed by atoms with E-state index in [-0.39, 0.29) is 12.5 Å². The van der Waals surface area contributed by atoms with Gasteiger partial charge in [-0.3, -0.25) is 4.79 Å². The number of nitrogens with one attached hydrogen (secondary N) is 2. The van der Waals surface area contributed by atoms with Gasteiger partial charge in [0.15, 0.2) is 0 Å². The maximum atomic E-state index is 12.0. The first-order valence-electron chi connectivity index (χ1n) is 6.80. The zero-order valence-corrected chi connectivity index (χ0v) is 13.5. The summed E-state index contributed by atoms with van der Waals surface area (Å²) < 4.78 is 5.46. The summed E-state index contributed by atoms with van der Waals surface area (Å²) in [5, 5.41) is 6.80. The average molecular weight is 339 g/mol. The second-order valence-electron chi connectivity index (χ2n) is 4.49. The third-order valence-electron chi connectivity index (χ3n) is 2.78. The monoisotopic (exact) mass is 338 g/mol. The molecule has 0 atom stereocenters. The van der Waals surface area contributed by atoms with Gasteiger partial charge in [0.1, 0.15) is 5.75 Å². The largest absolute Gasteiger partial charge is 0.492 e. The van der Waals surface area contributed by atoms with Gasteiger partial charge in [0.25, 0.3) is 0 Å². The number of carbonyl (C=O) groups is 1. The first kappa shape index (κ1) is 16.5. The van der Waals surface area contributed by atoms with Crippen molar-refractivity contribution in [1.29, 1.82) is 0 Å². The Morgan fingerprint density at radius 2 is 1.82 bits per heavy atom. The van der Waals surface area contributed by atoms with Gasteiger partial charge in [0.05, 0.1) is 18.8 Å². The SMILES string of the molecule is CCOc1ccccc1NC(=O)CNc1cc(Cl)cc(Cl)c1. The van der Waals surface area contributed by atoms with Crippen LogP contribution in [-0.2, 0) is 4.79 Å². The Morgan fingerprint density at radius 3 is 2.50 bits per heavy atom. The van der Waals surface area contributed by atoms with E-state index < -0.39 is 0 Å². The van der Waals surface area contributed by atoms with Crippen LogP contribution in [0.5, 0.6) is 5.75 Å². The molecule has 0 heterocycles. The van der Waals surface area contributed by atoms with Crippen LogP contribution in [0.2, 0.25) is 10.0 Å². The molecule has 0 fully saturated rings. The Kier molecular flexibility index (Phi) is 5.92. The smallest absolute Gasteiger partial charge is 0.243 e. The van der Waals surface area contributed by atoms with E-state index in [1.165, 1.54) is 0 Å². The van der Waals surface area contributed by atoms with Crippen molar-refractivity contribution in [1.82, 2.24) is 0 Å². The number of benzene rings is 2. The summed E-state index contributed by atoms with van der Waals surface area (Å²) in [6.07, 6.45) is 0. The van der Waals surface area contributed by atoms with Crippen LogP contribution < -0.4 is 15.4 Å². The van der Waals surface area contributed by atoms with E-state index in [4.69, 9.17) is 27.9 Å². The van der Waals surface area contributed by atoms with E-state index >= 15 is 0 Å². The number of para-hydroxylation sites is 2. The fourth-order valence-electron chi connectivity index (χ4n) is 1.88. The van der Waals surface area contributed by atoms with Gasteiger partial charge >= 0.3 is 0 Å². The van der Waals surface area contributed by atoms with Crippen molar-refractivity contribution in [3.63, 3.8) is 0 Å². The molecular weight excluding hydrogens is 323 g/mol. The Morgan fingerprint density at radius 1 is 1.14 bits per heavy atom. The van der Waals surface area contributed by atoms with E-state index in [9.17, 15) is 4.79 Å². The second-order valence-corrected chi connectivity index (χ2v) is 5.36. The summed E-state index contributed by atoms with van der Waals surface area (Å²) in [6, 6.07) is 12.3. The maximum Gasteiger partial charge on any atom is 0.243 e. The molecule has 22 heavy (non-hydrogen) atoms. The molecule has 4 nitrogen and oxygen atoms in total. The predicted molar refractivity (Wildman–Crippen MR) is 91.2 cm³/mol. The number of halogens is 2. The minimum atomic E-state index is -0.191. The van der Waals surface area contributed by atoms with Crippen molar-refractivity contribution in [3.8, 4) is 5.75 Å². The summed E-state index contributed by atoms with van der Waals surface area (Å²) in [5.74, 6) is 0.451. The molecule has 0 aliphatic rings. The zero-order valence-electron chi connectivity index (χ0n) is 12.0. The number of hydrogen-bond donors (Lipinski definition) is 2. The summed E-state index contributed by atoms with van der Waals surface area (Å²) in [4.78, 5) is 12.0. The molecule has 2 rings (SSSR count). The van der Waals surface area contributed by atoms with Crippen LogP contribution in [0.25, 0.3) is 0 Å². The summed E-state index contributed by atoms with van der Waals surface area (Å²) in [6.45, 7) is 2.52. The quantitative estimate of drug-likeness (QED) is 0.818. The average Bonchev–Trinajstić information content (AvgIpc) is 2.46. The van der Waals surface area contributed by atoms with Crippen LogP contribution in [0.4, 0.5) is 11.4 Å². The van der Waals surface area contributed by atoms with Crippen molar-refractivity contribution in [2.45, 2.75) is 6.92 Å².